The molecule has 14 heavy (non-hydrogen) atoms. The van der Waals surface area contributed by atoms with Crippen LogP contribution in [0.5, 0.6) is 11.5 Å². The van der Waals surface area contributed by atoms with E-state index in [4.69, 9.17) is 26.4 Å². The fourth-order valence-corrected chi connectivity index (χ4v) is 1.48. The van der Waals surface area contributed by atoms with E-state index in [1.165, 1.54) is 0 Å². The molecule has 0 atom stereocenters. The minimum Gasteiger partial charge on any atom is -0.483 e. The molecule has 1 aliphatic rings. The second kappa shape index (κ2) is 3.84. The smallest absolute Gasteiger partial charge is 0.231 e. The molecule has 3 nitrogen and oxygen atoms in total. The van der Waals surface area contributed by atoms with Crippen LogP contribution in [0.4, 0.5) is 0 Å². The van der Waals surface area contributed by atoms with E-state index in [1.54, 1.807) is 0 Å². The molecule has 1 aromatic rings. The Balaban J connectivity index is 2.24. The Morgan fingerprint density at radius 1 is 1.43 bits per heavy atom. The molecule has 0 saturated heterocycles. The van der Waals surface area contributed by atoms with Gasteiger partial charge in [0, 0.05) is 5.56 Å². The van der Waals surface area contributed by atoms with E-state index in [-0.39, 0.29) is 6.79 Å². The molecule has 1 aromatic carbocycles. The van der Waals surface area contributed by atoms with Crippen molar-refractivity contribution in [3.8, 4) is 11.5 Å². The lowest BCUT2D eigenvalue weighted by Crippen LogP contribution is -2.02. The van der Waals surface area contributed by atoms with Crippen molar-refractivity contribution in [2.75, 3.05) is 13.4 Å². The average Bonchev–Trinajstić information content (AvgIpc) is 2.64. The highest BCUT2D eigenvalue weighted by molar-refractivity contribution is 7.80. The molecule has 4 heteroatoms. The lowest BCUT2D eigenvalue weighted by molar-refractivity contribution is 0.174. The highest BCUT2D eigenvalue weighted by atomic mass is 32.1. The van der Waals surface area contributed by atoms with E-state index in [0.717, 1.165) is 17.1 Å². The molecule has 0 aromatic heterocycles. The van der Waals surface area contributed by atoms with Gasteiger partial charge in [0.05, 0.1) is 6.61 Å². The largest absolute Gasteiger partial charge is 0.483 e. The highest BCUT2D eigenvalue weighted by Gasteiger charge is 2.14. The van der Waals surface area contributed by atoms with Gasteiger partial charge >= 0.3 is 0 Å². The summed E-state index contributed by atoms with van der Waals surface area (Å²) in [5.74, 6) is 1.48. The van der Waals surface area contributed by atoms with E-state index in [9.17, 15) is 0 Å². The first-order chi connectivity index (χ1) is 6.81. The number of thiocarbonyl (C=S) groups is 1. The van der Waals surface area contributed by atoms with Crippen molar-refractivity contribution in [2.45, 2.75) is 6.92 Å². The van der Waals surface area contributed by atoms with Gasteiger partial charge in [0.1, 0.15) is 0 Å². The Hall–Kier alpha value is -1.29. The molecule has 1 heterocycles. The van der Waals surface area contributed by atoms with Gasteiger partial charge in [-0.15, -0.1) is 0 Å². The van der Waals surface area contributed by atoms with Crippen LogP contribution in [0.3, 0.4) is 0 Å². The average molecular weight is 210 g/mol. The molecule has 0 amide bonds. The maximum atomic E-state index is 5.23. The van der Waals surface area contributed by atoms with Gasteiger partial charge in [0.15, 0.2) is 16.5 Å². The van der Waals surface area contributed by atoms with Crippen LogP contribution in [0.15, 0.2) is 18.2 Å². The first-order valence-corrected chi connectivity index (χ1v) is 4.79. The van der Waals surface area contributed by atoms with Crippen LogP contribution in [-0.2, 0) is 4.74 Å². The molecule has 0 N–H and O–H groups in total. The van der Waals surface area contributed by atoms with Gasteiger partial charge in [-0.3, -0.25) is 0 Å². The van der Waals surface area contributed by atoms with Gasteiger partial charge in [-0.05, 0) is 37.3 Å². The zero-order valence-corrected chi connectivity index (χ0v) is 8.60. The van der Waals surface area contributed by atoms with Crippen LogP contribution in [-0.4, -0.2) is 18.5 Å². The fourth-order valence-electron chi connectivity index (χ4n) is 1.24. The van der Waals surface area contributed by atoms with E-state index >= 15 is 0 Å². The first kappa shape index (κ1) is 9.27. The molecule has 2 rings (SSSR count). The zero-order valence-electron chi connectivity index (χ0n) is 7.78. The molecule has 1 aliphatic heterocycles. The summed E-state index contributed by atoms with van der Waals surface area (Å²) in [6, 6.07) is 5.54. The van der Waals surface area contributed by atoms with Crippen molar-refractivity contribution in [3.05, 3.63) is 23.8 Å². The summed E-state index contributed by atoms with van der Waals surface area (Å²) < 4.78 is 15.6. The zero-order chi connectivity index (χ0) is 9.97. The maximum Gasteiger partial charge on any atom is 0.231 e. The molecule has 0 fully saturated rings. The molecule has 0 bridgehead atoms. The van der Waals surface area contributed by atoms with Crippen LogP contribution in [0, 0.1) is 0 Å². The lowest BCUT2D eigenvalue weighted by atomic mass is 10.2. The number of fused-ring (bicyclic) bond motifs is 1. The Bertz CT molecular complexity index is 362. The number of hydrogen-bond donors (Lipinski definition) is 0. The van der Waals surface area contributed by atoms with Gasteiger partial charge in [0.2, 0.25) is 6.79 Å². The summed E-state index contributed by atoms with van der Waals surface area (Å²) >= 11 is 5.07. The van der Waals surface area contributed by atoms with E-state index in [2.05, 4.69) is 0 Å². The number of hydrogen-bond acceptors (Lipinski definition) is 4. The Labute approximate surface area is 87.6 Å². The Morgan fingerprint density at radius 2 is 2.21 bits per heavy atom. The van der Waals surface area contributed by atoms with Crippen LogP contribution in [0.25, 0.3) is 0 Å². The van der Waals surface area contributed by atoms with E-state index in [0.29, 0.717) is 11.7 Å². The molecule has 0 saturated carbocycles. The van der Waals surface area contributed by atoms with Gasteiger partial charge < -0.3 is 14.2 Å². The monoisotopic (exact) mass is 210 g/mol. The minimum absolute atomic E-state index is 0.278. The predicted octanol–water partition coefficient (Wildman–Crippen LogP) is 2.13. The second-order valence-corrected chi connectivity index (χ2v) is 3.16. The standard InChI is InChI=1S/C10H10O3S/c1-2-11-10(14)7-3-4-8-9(5-7)13-6-12-8/h3-5H,2,6H2,1H3. The quantitative estimate of drug-likeness (QED) is 0.699. The topological polar surface area (TPSA) is 27.7 Å². The fraction of sp³-hybridized carbons (Fsp3) is 0.300. The van der Waals surface area contributed by atoms with Crippen LogP contribution in [0.2, 0.25) is 0 Å². The summed E-state index contributed by atoms with van der Waals surface area (Å²) in [5, 5.41) is 0.491. The SMILES string of the molecule is CCOC(=S)c1ccc2c(c1)OCO2. The van der Waals surface area contributed by atoms with Crippen LogP contribution in [0.1, 0.15) is 12.5 Å². The van der Waals surface area contributed by atoms with Gasteiger partial charge in [-0.2, -0.15) is 0 Å². The van der Waals surface area contributed by atoms with Gasteiger partial charge in [-0.1, -0.05) is 0 Å². The summed E-state index contributed by atoms with van der Waals surface area (Å²) in [6.45, 7) is 2.76. The van der Waals surface area contributed by atoms with Crippen molar-refractivity contribution >= 4 is 17.3 Å². The normalized spacial score (nSPS) is 12.6. The summed E-state index contributed by atoms with van der Waals surface area (Å²) in [6.07, 6.45) is 0. The van der Waals surface area contributed by atoms with Crippen molar-refractivity contribution in [1.82, 2.24) is 0 Å². The number of benzene rings is 1. The third-order valence-corrected chi connectivity index (χ3v) is 2.24. The molecule has 0 aliphatic carbocycles. The lowest BCUT2D eigenvalue weighted by Gasteiger charge is -2.05. The Morgan fingerprint density at radius 3 is 3.00 bits per heavy atom. The van der Waals surface area contributed by atoms with Crippen molar-refractivity contribution < 1.29 is 14.2 Å². The summed E-state index contributed by atoms with van der Waals surface area (Å²) in [7, 11) is 0. The van der Waals surface area contributed by atoms with Crippen molar-refractivity contribution in [2.24, 2.45) is 0 Å². The third kappa shape index (κ3) is 1.65. The maximum absolute atomic E-state index is 5.23. The van der Waals surface area contributed by atoms with Crippen LogP contribution < -0.4 is 9.47 Å². The van der Waals surface area contributed by atoms with Gasteiger partial charge in [0.25, 0.3) is 0 Å². The van der Waals surface area contributed by atoms with Crippen LogP contribution >= 0.6 is 12.2 Å². The Kier molecular flexibility index (Phi) is 2.54. The highest BCUT2D eigenvalue weighted by Crippen LogP contribution is 2.32. The number of ether oxygens (including phenoxy) is 3. The summed E-state index contributed by atoms with van der Waals surface area (Å²) in [4.78, 5) is 0. The first-order valence-electron chi connectivity index (χ1n) is 4.38. The molecule has 0 unspecified atom stereocenters. The molecule has 74 valence electrons. The second-order valence-electron chi connectivity index (χ2n) is 2.79. The van der Waals surface area contributed by atoms with Crippen molar-refractivity contribution in [3.63, 3.8) is 0 Å². The number of rotatable bonds is 2. The predicted molar refractivity (Wildman–Crippen MR) is 55.9 cm³/mol. The van der Waals surface area contributed by atoms with E-state index in [1.807, 2.05) is 25.1 Å². The van der Waals surface area contributed by atoms with Crippen molar-refractivity contribution in [1.29, 1.82) is 0 Å². The third-order valence-electron chi connectivity index (χ3n) is 1.88. The molecular weight excluding hydrogens is 200 g/mol. The summed E-state index contributed by atoms with van der Waals surface area (Å²) in [5.41, 5.74) is 0.853. The minimum atomic E-state index is 0.278. The molecule has 0 radical (unpaired) electrons. The van der Waals surface area contributed by atoms with E-state index < -0.39 is 0 Å². The van der Waals surface area contributed by atoms with Gasteiger partial charge in [-0.25, -0.2) is 0 Å². The molecular formula is C10H10O3S. The molecule has 0 spiro atoms.